The van der Waals surface area contributed by atoms with Crippen LogP contribution in [0.5, 0.6) is 0 Å². The molecule has 1 unspecified atom stereocenters. The number of piperidine rings is 1. The first kappa shape index (κ1) is 33.9. The number of benzene rings is 2. The van der Waals surface area contributed by atoms with Crippen molar-refractivity contribution in [3.63, 3.8) is 0 Å². The van der Waals surface area contributed by atoms with Crippen molar-refractivity contribution in [3.8, 4) is 0 Å². The third-order valence-electron chi connectivity index (χ3n) is 7.75. The number of hydrogen-bond donors (Lipinski definition) is 3. The minimum absolute atomic E-state index is 0.00887. The van der Waals surface area contributed by atoms with Gasteiger partial charge in [-0.1, -0.05) is 62.8 Å². The van der Waals surface area contributed by atoms with E-state index in [1.165, 1.54) is 4.90 Å². The molecule has 2 aromatic rings. The van der Waals surface area contributed by atoms with E-state index in [-0.39, 0.29) is 42.9 Å². The fourth-order valence-electron chi connectivity index (χ4n) is 5.48. The lowest BCUT2D eigenvalue weighted by Gasteiger charge is -2.36. The smallest absolute Gasteiger partial charge is 0.317 e. The number of nitrogens with two attached hydrogens (primary N) is 1. The third kappa shape index (κ3) is 9.04. The standard InChI is InChI=1S/C29H35Cl4N7O4/c1-38(28(41)19-12-20(30)15-21(31)13-19)16-26(37-44-17-27(34)36-43)23(18-2-3-24(32)25(33)14-18)6-10-39-8-4-22(5-9-39)40-11-7-35-29(40)42/h2-3,12-15,22-23,43H,4-11,16-17H2,1H3,(H2,34,36)(H,35,42)/b37-26+. The number of carbonyl (C=O) groups excluding carboxylic acids is 2. The zero-order valence-corrected chi connectivity index (χ0v) is 27.2. The number of halogens is 4. The fourth-order valence-corrected chi connectivity index (χ4v) is 6.31. The van der Waals surface area contributed by atoms with E-state index in [9.17, 15) is 9.59 Å². The maximum Gasteiger partial charge on any atom is 0.317 e. The van der Waals surface area contributed by atoms with Crippen LogP contribution in [0.3, 0.4) is 0 Å². The number of carbonyl (C=O) groups is 2. The Bertz CT molecular complexity index is 1380. The molecular formula is C29H35Cl4N7O4. The first-order chi connectivity index (χ1) is 21.0. The molecule has 11 nitrogen and oxygen atoms in total. The second-order valence-electron chi connectivity index (χ2n) is 10.8. The van der Waals surface area contributed by atoms with E-state index in [1.807, 2.05) is 11.0 Å². The predicted octanol–water partition coefficient (Wildman–Crippen LogP) is 5.15. The molecule has 4 N–H and O–H groups in total. The maximum atomic E-state index is 13.4. The Balaban J connectivity index is 1.56. The summed E-state index contributed by atoms with van der Waals surface area (Å²) >= 11 is 25.0. The van der Waals surface area contributed by atoms with Gasteiger partial charge in [0.2, 0.25) is 0 Å². The van der Waals surface area contributed by atoms with Gasteiger partial charge >= 0.3 is 6.03 Å². The molecular weight excluding hydrogens is 652 g/mol. The Morgan fingerprint density at radius 2 is 1.82 bits per heavy atom. The second-order valence-corrected chi connectivity index (χ2v) is 12.5. The van der Waals surface area contributed by atoms with E-state index in [0.717, 1.165) is 38.0 Å². The van der Waals surface area contributed by atoms with E-state index >= 15 is 0 Å². The average Bonchev–Trinajstić information content (AvgIpc) is 3.43. The van der Waals surface area contributed by atoms with E-state index in [0.29, 0.717) is 50.9 Å². The van der Waals surface area contributed by atoms with Crippen molar-refractivity contribution in [2.45, 2.75) is 31.2 Å². The topological polar surface area (TPSA) is 136 Å². The molecule has 44 heavy (non-hydrogen) atoms. The molecule has 0 bridgehead atoms. The Morgan fingerprint density at radius 1 is 1.11 bits per heavy atom. The van der Waals surface area contributed by atoms with Crippen LogP contribution < -0.4 is 11.1 Å². The van der Waals surface area contributed by atoms with Crippen LogP contribution in [-0.4, -0.2) is 102 Å². The molecule has 0 saturated carbocycles. The van der Waals surface area contributed by atoms with Crippen LogP contribution in [0.4, 0.5) is 4.79 Å². The number of oxime groups is 2. The molecule has 2 heterocycles. The van der Waals surface area contributed by atoms with Gasteiger partial charge in [-0.15, -0.1) is 0 Å². The van der Waals surface area contributed by atoms with Crippen LogP contribution in [0.15, 0.2) is 46.7 Å². The van der Waals surface area contributed by atoms with Gasteiger partial charge in [-0.2, -0.15) is 0 Å². The fraction of sp³-hybridized carbons (Fsp3) is 0.448. The summed E-state index contributed by atoms with van der Waals surface area (Å²) in [6.07, 6.45) is 2.38. The van der Waals surface area contributed by atoms with Gasteiger partial charge in [-0.05, 0) is 61.7 Å². The number of nitrogens with zero attached hydrogens (tertiary/aromatic N) is 5. The number of nitrogens with one attached hydrogen (secondary N) is 1. The van der Waals surface area contributed by atoms with Crippen molar-refractivity contribution in [2.24, 2.45) is 16.0 Å². The minimum Gasteiger partial charge on any atom is -0.409 e. The van der Waals surface area contributed by atoms with E-state index in [1.54, 1.807) is 37.4 Å². The lowest BCUT2D eigenvalue weighted by atomic mass is 9.89. The van der Waals surface area contributed by atoms with Crippen molar-refractivity contribution >= 4 is 69.9 Å². The summed E-state index contributed by atoms with van der Waals surface area (Å²) in [5.41, 5.74) is 7.28. The summed E-state index contributed by atoms with van der Waals surface area (Å²) in [6.45, 7) is 3.63. The summed E-state index contributed by atoms with van der Waals surface area (Å²) in [4.78, 5) is 36.8. The molecule has 2 aromatic carbocycles. The number of amidine groups is 1. The highest BCUT2D eigenvalue weighted by Gasteiger charge is 2.31. The number of hydrogen-bond acceptors (Lipinski definition) is 7. The molecule has 0 spiro atoms. The van der Waals surface area contributed by atoms with Crippen LogP contribution in [0, 0.1) is 0 Å². The molecule has 238 valence electrons. The van der Waals surface area contributed by atoms with Gasteiger partial charge in [-0.25, -0.2) is 4.79 Å². The number of amides is 3. The van der Waals surface area contributed by atoms with E-state index < -0.39 is 0 Å². The molecule has 2 fully saturated rings. The van der Waals surface area contributed by atoms with E-state index in [4.69, 9.17) is 62.2 Å². The molecule has 15 heteroatoms. The minimum atomic E-state index is -0.336. The highest BCUT2D eigenvalue weighted by molar-refractivity contribution is 6.42. The van der Waals surface area contributed by atoms with Gasteiger partial charge in [0.1, 0.15) is 0 Å². The Morgan fingerprint density at radius 3 is 2.43 bits per heavy atom. The summed E-state index contributed by atoms with van der Waals surface area (Å²) in [5, 5.41) is 20.6. The summed E-state index contributed by atoms with van der Waals surface area (Å²) < 4.78 is 0. The zero-order valence-electron chi connectivity index (χ0n) is 24.2. The van der Waals surface area contributed by atoms with Crippen LogP contribution in [0.1, 0.15) is 41.1 Å². The highest BCUT2D eigenvalue weighted by Crippen LogP contribution is 2.31. The molecule has 1 atom stereocenters. The average molecular weight is 687 g/mol. The molecule has 4 rings (SSSR count). The highest BCUT2D eigenvalue weighted by atomic mass is 35.5. The van der Waals surface area contributed by atoms with Crippen molar-refractivity contribution in [2.75, 3.05) is 52.9 Å². The Kier molecular flexibility index (Phi) is 12.2. The molecule has 0 radical (unpaired) electrons. The Hall–Kier alpha value is -2.96. The normalized spacial score (nSPS) is 17.5. The van der Waals surface area contributed by atoms with Crippen molar-refractivity contribution < 1.29 is 19.6 Å². The van der Waals surface area contributed by atoms with Gasteiger partial charge in [0.15, 0.2) is 12.4 Å². The summed E-state index contributed by atoms with van der Waals surface area (Å²) in [5.74, 6) is -0.816. The van der Waals surface area contributed by atoms with E-state index in [2.05, 4.69) is 20.5 Å². The lowest BCUT2D eigenvalue weighted by Crippen LogP contribution is -2.46. The summed E-state index contributed by atoms with van der Waals surface area (Å²) in [7, 11) is 1.64. The molecule has 3 amide bonds. The first-order valence-corrected chi connectivity index (χ1v) is 15.6. The van der Waals surface area contributed by atoms with Crippen LogP contribution in [0.2, 0.25) is 20.1 Å². The van der Waals surface area contributed by atoms with Crippen LogP contribution in [-0.2, 0) is 4.84 Å². The van der Waals surface area contributed by atoms with Gasteiger partial charge in [0.25, 0.3) is 5.91 Å². The molecule has 2 aliphatic heterocycles. The van der Waals surface area contributed by atoms with Crippen LogP contribution >= 0.6 is 46.4 Å². The van der Waals surface area contributed by atoms with Gasteiger partial charge in [-0.3, -0.25) is 4.79 Å². The molecule has 0 aliphatic carbocycles. The number of urea groups is 1. The maximum absolute atomic E-state index is 13.4. The lowest BCUT2D eigenvalue weighted by molar-refractivity contribution is 0.0811. The monoisotopic (exact) mass is 685 g/mol. The van der Waals surface area contributed by atoms with Gasteiger partial charge in [0.05, 0.1) is 22.3 Å². The van der Waals surface area contributed by atoms with Crippen molar-refractivity contribution in [3.05, 3.63) is 67.6 Å². The third-order valence-corrected chi connectivity index (χ3v) is 8.92. The molecule has 2 aliphatic rings. The Labute approximate surface area is 276 Å². The quantitative estimate of drug-likeness (QED) is 0.122. The molecule has 0 aromatic heterocycles. The van der Waals surface area contributed by atoms with Gasteiger partial charge < -0.3 is 35.8 Å². The largest absolute Gasteiger partial charge is 0.409 e. The van der Waals surface area contributed by atoms with Crippen molar-refractivity contribution in [1.82, 2.24) is 20.0 Å². The first-order valence-electron chi connectivity index (χ1n) is 14.1. The zero-order chi connectivity index (χ0) is 31.8. The number of rotatable bonds is 12. The second kappa shape index (κ2) is 15.9. The van der Waals surface area contributed by atoms with Crippen molar-refractivity contribution in [1.29, 1.82) is 0 Å². The predicted molar refractivity (Wildman–Crippen MR) is 174 cm³/mol. The SMILES string of the molecule is CN(C/C(=N\OC/C(N)=N/O)C(CCN1CCC(N2CCNC2=O)CC1)c1ccc(Cl)c(Cl)c1)C(=O)c1cc(Cl)cc(Cl)c1. The summed E-state index contributed by atoms with van der Waals surface area (Å²) in [6, 6.07) is 10.2. The molecule has 2 saturated heterocycles. The van der Waals surface area contributed by atoms with Gasteiger partial charge in [0, 0.05) is 60.8 Å². The number of likely N-dealkylation sites (tertiary alicyclic amines) is 1. The van der Waals surface area contributed by atoms with Crippen LogP contribution in [0.25, 0.3) is 0 Å².